The number of rotatable bonds is 5. The van der Waals surface area contributed by atoms with Gasteiger partial charge in [-0.25, -0.2) is 0 Å². The third-order valence-electron chi connectivity index (χ3n) is 2.14. The normalized spacial score (nSPS) is 10.7. The van der Waals surface area contributed by atoms with Gasteiger partial charge in [-0.1, -0.05) is 19.9 Å². The Balaban J connectivity index is 2.64. The zero-order valence-electron chi connectivity index (χ0n) is 9.69. The number of benzene rings is 1. The van der Waals surface area contributed by atoms with Crippen molar-refractivity contribution in [1.82, 2.24) is 0 Å². The van der Waals surface area contributed by atoms with Crippen molar-refractivity contribution in [2.24, 2.45) is 11.7 Å². The average Bonchev–Trinajstić information content (AvgIpc) is 2.19. The molecule has 1 amide bonds. The van der Waals surface area contributed by atoms with Crippen molar-refractivity contribution in [3.63, 3.8) is 0 Å². The molecule has 0 saturated heterocycles. The molecule has 1 aromatic rings. The molecule has 4 N–H and O–H groups in total. The Kier molecular flexibility index (Phi) is 4.31. The first-order valence-corrected chi connectivity index (χ1v) is 5.26. The molecule has 0 aliphatic carbocycles. The molecule has 0 bridgehead atoms. The summed E-state index contributed by atoms with van der Waals surface area (Å²) in [6.07, 6.45) is 0. The van der Waals surface area contributed by atoms with Crippen LogP contribution >= 0.6 is 0 Å². The number of hydrogen-bond donors (Lipinski definition) is 2. The number of ether oxygens (including phenoxy) is 1. The lowest BCUT2D eigenvalue weighted by Gasteiger charge is -2.09. The predicted octanol–water partition coefficient (Wildman–Crippen LogP) is 1.54. The van der Waals surface area contributed by atoms with Gasteiger partial charge in [0.05, 0.1) is 6.61 Å². The monoisotopic (exact) mass is 222 g/mol. The second-order valence-electron chi connectivity index (χ2n) is 4.19. The predicted molar refractivity (Wildman–Crippen MR) is 63.9 cm³/mol. The van der Waals surface area contributed by atoms with Gasteiger partial charge in [0, 0.05) is 23.4 Å². The van der Waals surface area contributed by atoms with Gasteiger partial charge in [-0.2, -0.15) is 0 Å². The Morgan fingerprint density at radius 3 is 2.62 bits per heavy atom. The first-order chi connectivity index (χ1) is 7.50. The van der Waals surface area contributed by atoms with Crippen molar-refractivity contribution < 1.29 is 9.53 Å². The fourth-order valence-corrected chi connectivity index (χ4v) is 1.28. The van der Waals surface area contributed by atoms with Crippen molar-refractivity contribution in [3.8, 4) is 0 Å². The van der Waals surface area contributed by atoms with Gasteiger partial charge in [0.15, 0.2) is 0 Å². The fraction of sp³-hybridized carbons (Fsp3) is 0.417. The Morgan fingerprint density at radius 2 is 2.12 bits per heavy atom. The lowest BCUT2D eigenvalue weighted by atomic mass is 10.1. The van der Waals surface area contributed by atoms with E-state index in [2.05, 4.69) is 13.8 Å². The van der Waals surface area contributed by atoms with E-state index < -0.39 is 5.91 Å². The Bertz CT molecular complexity index is 375. The summed E-state index contributed by atoms with van der Waals surface area (Å²) in [4.78, 5) is 10.9. The molecule has 0 heterocycles. The first kappa shape index (κ1) is 12.5. The number of carbonyl (C=O) groups excluding carboxylic acids is 1. The zero-order chi connectivity index (χ0) is 12.1. The van der Waals surface area contributed by atoms with E-state index in [1.165, 1.54) is 0 Å². The summed E-state index contributed by atoms with van der Waals surface area (Å²) < 4.78 is 5.47. The van der Waals surface area contributed by atoms with Gasteiger partial charge >= 0.3 is 0 Å². The third kappa shape index (κ3) is 3.55. The maximum absolute atomic E-state index is 10.9. The van der Waals surface area contributed by atoms with Crippen LogP contribution in [0.3, 0.4) is 0 Å². The molecule has 0 fully saturated rings. The van der Waals surface area contributed by atoms with Gasteiger partial charge in [-0.05, 0) is 18.1 Å². The second-order valence-corrected chi connectivity index (χ2v) is 4.19. The van der Waals surface area contributed by atoms with Gasteiger partial charge in [0.2, 0.25) is 5.91 Å². The van der Waals surface area contributed by atoms with E-state index in [9.17, 15) is 4.79 Å². The molecule has 0 radical (unpaired) electrons. The molecule has 0 spiro atoms. The van der Waals surface area contributed by atoms with Gasteiger partial charge in [-0.15, -0.1) is 0 Å². The molecule has 0 atom stereocenters. The molecular formula is C12H18N2O2. The number of primary amides is 1. The highest BCUT2D eigenvalue weighted by molar-refractivity contribution is 5.93. The highest BCUT2D eigenvalue weighted by atomic mass is 16.5. The maximum atomic E-state index is 10.9. The largest absolute Gasteiger partial charge is 0.398 e. The molecule has 0 unspecified atom stereocenters. The lowest BCUT2D eigenvalue weighted by molar-refractivity contribution is 0.0972. The number of amides is 1. The molecular weight excluding hydrogens is 204 g/mol. The van der Waals surface area contributed by atoms with Crippen LogP contribution < -0.4 is 11.5 Å². The summed E-state index contributed by atoms with van der Waals surface area (Å²) >= 11 is 0. The molecule has 0 aromatic heterocycles. The Labute approximate surface area is 95.6 Å². The van der Waals surface area contributed by atoms with E-state index in [0.29, 0.717) is 30.4 Å². The van der Waals surface area contributed by atoms with E-state index in [0.717, 1.165) is 5.56 Å². The summed E-state index contributed by atoms with van der Waals surface area (Å²) in [7, 11) is 0. The lowest BCUT2D eigenvalue weighted by Crippen LogP contribution is -2.12. The number of nitrogens with two attached hydrogens (primary N) is 2. The van der Waals surface area contributed by atoms with Crippen LogP contribution in [0.1, 0.15) is 29.8 Å². The number of hydrogen-bond acceptors (Lipinski definition) is 3. The van der Waals surface area contributed by atoms with Gasteiger partial charge in [-0.3, -0.25) is 4.79 Å². The standard InChI is InChI=1S/C12H18N2O2/c1-8(2)6-16-7-10-4-3-9(12(14)15)5-11(10)13/h3-5,8H,6-7,13H2,1-2H3,(H2,14,15). The van der Waals surface area contributed by atoms with Crippen molar-refractivity contribution in [2.75, 3.05) is 12.3 Å². The van der Waals surface area contributed by atoms with Crippen LogP contribution in [-0.2, 0) is 11.3 Å². The van der Waals surface area contributed by atoms with Crippen LogP contribution in [0, 0.1) is 5.92 Å². The molecule has 0 saturated carbocycles. The van der Waals surface area contributed by atoms with E-state index in [1.807, 2.05) is 0 Å². The summed E-state index contributed by atoms with van der Waals surface area (Å²) in [6, 6.07) is 5.01. The molecule has 1 aromatic carbocycles. The minimum Gasteiger partial charge on any atom is -0.398 e. The molecule has 0 aliphatic rings. The molecule has 88 valence electrons. The summed E-state index contributed by atoms with van der Waals surface area (Å²) in [5, 5.41) is 0. The van der Waals surface area contributed by atoms with Gasteiger partial charge in [0.1, 0.15) is 0 Å². The van der Waals surface area contributed by atoms with Crippen LogP contribution in [0.5, 0.6) is 0 Å². The van der Waals surface area contributed by atoms with Crippen LogP contribution in [0.2, 0.25) is 0 Å². The topological polar surface area (TPSA) is 78.3 Å². The summed E-state index contributed by atoms with van der Waals surface area (Å²) in [5.74, 6) is 0.0208. The van der Waals surface area contributed by atoms with Crippen LogP contribution in [0.25, 0.3) is 0 Å². The summed E-state index contributed by atoms with van der Waals surface area (Å²) in [6.45, 7) is 5.32. The van der Waals surface area contributed by atoms with Crippen LogP contribution in [0.15, 0.2) is 18.2 Å². The minimum atomic E-state index is -0.471. The minimum absolute atomic E-state index is 0.421. The molecule has 16 heavy (non-hydrogen) atoms. The molecule has 4 nitrogen and oxygen atoms in total. The first-order valence-electron chi connectivity index (χ1n) is 5.26. The molecule has 4 heteroatoms. The smallest absolute Gasteiger partial charge is 0.248 e. The van der Waals surface area contributed by atoms with Crippen molar-refractivity contribution in [1.29, 1.82) is 0 Å². The number of anilines is 1. The zero-order valence-corrected chi connectivity index (χ0v) is 9.69. The Morgan fingerprint density at radius 1 is 1.44 bits per heavy atom. The highest BCUT2D eigenvalue weighted by Crippen LogP contribution is 2.15. The fourth-order valence-electron chi connectivity index (χ4n) is 1.28. The second kappa shape index (κ2) is 5.51. The van der Waals surface area contributed by atoms with Crippen LogP contribution in [-0.4, -0.2) is 12.5 Å². The molecule has 0 aliphatic heterocycles. The maximum Gasteiger partial charge on any atom is 0.248 e. The highest BCUT2D eigenvalue weighted by Gasteiger charge is 2.05. The van der Waals surface area contributed by atoms with E-state index in [1.54, 1.807) is 18.2 Å². The third-order valence-corrected chi connectivity index (χ3v) is 2.14. The van der Waals surface area contributed by atoms with Crippen molar-refractivity contribution >= 4 is 11.6 Å². The van der Waals surface area contributed by atoms with Crippen LogP contribution in [0.4, 0.5) is 5.69 Å². The van der Waals surface area contributed by atoms with Crippen molar-refractivity contribution in [3.05, 3.63) is 29.3 Å². The van der Waals surface area contributed by atoms with E-state index in [-0.39, 0.29) is 0 Å². The van der Waals surface area contributed by atoms with E-state index >= 15 is 0 Å². The molecule has 1 rings (SSSR count). The number of carbonyl (C=O) groups is 1. The number of nitrogen functional groups attached to an aromatic ring is 1. The quantitative estimate of drug-likeness (QED) is 0.742. The summed E-state index contributed by atoms with van der Waals surface area (Å²) in [5.41, 5.74) is 12.8. The van der Waals surface area contributed by atoms with E-state index in [4.69, 9.17) is 16.2 Å². The Hall–Kier alpha value is -1.55. The van der Waals surface area contributed by atoms with Crippen molar-refractivity contribution in [2.45, 2.75) is 20.5 Å². The SMILES string of the molecule is CC(C)COCc1ccc(C(N)=O)cc1N. The average molecular weight is 222 g/mol. The van der Waals surface area contributed by atoms with Gasteiger partial charge < -0.3 is 16.2 Å². The van der Waals surface area contributed by atoms with Gasteiger partial charge in [0.25, 0.3) is 0 Å².